The first-order chi connectivity index (χ1) is 16.5. The average Bonchev–Trinajstić information content (AvgIpc) is 3.24. The normalized spacial score (nSPS) is 17.2. The fraction of sp³-hybridized carbons (Fsp3) is 0.320. The fourth-order valence-corrected chi connectivity index (χ4v) is 4.92. The maximum absolute atomic E-state index is 12.5. The molecule has 0 fully saturated rings. The smallest absolute Gasteiger partial charge is 0.229 e. The lowest BCUT2D eigenvalue weighted by molar-refractivity contribution is -0.121. The summed E-state index contributed by atoms with van der Waals surface area (Å²) in [7, 11) is 5.43. The van der Waals surface area contributed by atoms with Crippen LogP contribution in [0.5, 0.6) is 5.75 Å². The number of carbonyl (C=O) groups excluding carboxylic acids is 1. The standard InChI is InChI=1S/C25H27ClN6O2/c1-27-24(33)18-14-32(21-7-5-4-6-17(18)21)23-19(26)12-28-25(30-23)29-20-10-16-13-31(2)9-8-15(16)11-22(20)34-3/h4-7,10-12,18H,8-9,13-14H2,1-3H3,(H,27,33)(H,28,29,30). The van der Waals surface area contributed by atoms with E-state index in [0.717, 1.165) is 42.2 Å². The zero-order valence-corrected chi connectivity index (χ0v) is 20.2. The van der Waals surface area contributed by atoms with Gasteiger partial charge in [0.1, 0.15) is 10.8 Å². The third kappa shape index (κ3) is 4.03. The van der Waals surface area contributed by atoms with Gasteiger partial charge in [-0.2, -0.15) is 4.98 Å². The van der Waals surface area contributed by atoms with Gasteiger partial charge in [-0.15, -0.1) is 0 Å². The molecule has 3 aromatic rings. The van der Waals surface area contributed by atoms with Gasteiger partial charge in [0.15, 0.2) is 5.82 Å². The van der Waals surface area contributed by atoms with Crippen LogP contribution in [0.3, 0.4) is 0 Å². The molecule has 1 amide bonds. The number of fused-ring (bicyclic) bond motifs is 2. The first-order valence-corrected chi connectivity index (χ1v) is 11.6. The quantitative estimate of drug-likeness (QED) is 0.576. The Morgan fingerprint density at radius 1 is 1.24 bits per heavy atom. The highest BCUT2D eigenvalue weighted by Gasteiger charge is 2.35. The number of methoxy groups -OCH3 is 1. The number of ether oxygens (including phenoxy) is 1. The highest BCUT2D eigenvalue weighted by atomic mass is 35.5. The van der Waals surface area contributed by atoms with Gasteiger partial charge >= 0.3 is 0 Å². The van der Waals surface area contributed by atoms with Gasteiger partial charge in [-0.1, -0.05) is 29.8 Å². The Morgan fingerprint density at radius 3 is 2.85 bits per heavy atom. The molecule has 1 atom stereocenters. The van der Waals surface area contributed by atoms with E-state index in [2.05, 4.69) is 39.7 Å². The van der Waals surface area contributed by atoms with Crippen LogP contribution in [0.25, 0.3) is 0 Å². The Bertz CT molecular complexity index is 1250. The van der Waals surface area contributed by atoms with Crippen molar-refractivity contribution in [3.8, 4) is 5.75 Å². The molecule has 2 aliphatic heterocycles. The number of aromatic nitrogens is 2. The minimum absolute atomic E-state index is 0.0396. The molecule has 2 N–H and O–H groups in total. The van der Waals surface area contributed by atoms with Crippen molar-refractivity contribution in [3.05, 3.63) is 64.3 Å². The molecule has 9 heteroatoms. The summed E-state index contributed by atoms with van der Waals surface area (Å²) in [5.74, 6) is 1.36. The van der Waals surface area contributed by atoms with Gasteiger partial charge in [-0.25, -0.2) is 4.98 Å². The van der Waals surface area contributed by atoms with E-state index in [1.807, 2.05) is 29.2 Å². The molecule has 2 aliphatic rings. The monoisotopic (exact) mass is 478 g/mol. The topological polar surface area (TPSA) is 82.6 Å². The van der Waals surface area contributed by atoms with Crippen molar-refractivity contribution in [2.75, 3.05) is 44.5 Å². The summed E-state index contributed by atoms with van der Waals surface area (Å²) in [6.07, 6.45) is 2.58. The minimum atomic E-state index is -0.304. The second-order valence-corrected chi connectivity index (χ2v) is 9.04. The molecule has 8 nitrogen and oxygen atoms in total. The number of rotatable bonds is 5. The van der Waals surface area contributed by atoms with Gasteiger partial charge in [0.25, 0.3) is 0 Å². The van der Waals surface area contributed by atoms with Crippen molar-refractivity contribution in [2.45, 2.75) is 18.9 Å². The number of hydrogen-bond donors (Lipinski definition) is 2. The lowest BCUT2D eigenvalue weighted by Crippen LogP contribution is -2.29. The summed E-state index contributed by atoms with van der Waals surface area (Å²) in [4.78, 5) is 25.9. The van der Waals surface area contributed by atoms with Crippen LogP contribution in [0, 0.1) is 0 Å². The van der Waals surface area contributed by atoms with Crippen LogP contribution in [0.1, 0.15) is 22.6 Å². The van der Waals surface area contributed by atoms with Gasteiger partial charge in [0, 0.05) is 32.4 Å². The summed E-state index contributed by atoms with van der Waals surface area (Å²) >= 11 is 6.55. The number of para-hydroxylation sites is 1. The van der Waals surface area contributed by atoms with Crippen molar-refractivity contribution < 1.29 is 9.53 Å². The zero-order chi connectivity index (χ0) is 23.8. The van der Waals surface area contributed by atoms with Crippen LogP contribution in [-0.4, -0.2) is 55.1 Å². The molecule has 0 saturated heterocycles. The minimum Gasteiger partial charge on any atom is -0.495 e. The van der Waals surface area contributed by atoms with Crippen LogP contribution < -0.4 is 20.3 Å². The zero-order valence-electron chi connectivity index (χ0n) is 19.4. The molecule has 1 aromatic heterocycles. The van der Waals surface area contributed by atoms with Crippen LogP contribution >= 0.6 is 11.6 Å². The van der Waals surface area contributed by atoms with Crippen molar-refractivity contribution in [1.82, 2.24) is 20.2 Å². The number of likely N-dealkylation sites (N-methyl/N-ethyl adjacent to an activating group) is 2. The van der Waals surface area contributed by atoms with Crippen LogP contribution in [0.2, 0.25) is 5.02 Å². The summed E-state index contributed by atoms with van der Waals surface area (Å²) in [5.41, 5.74) is 5.22. The number of benzene rings is 2. The molecular formula is C25H27ClN6O2. The third-order valence-corrected chi connectivity index (χ3v) is 6.75. The third-order valence-electron chi connectivity index (χ3n) is 6.48. The van der Waals surface area contributed by atoms with Crippen molar-refractivity contribution in [2.24, 2.45) is 0 Å². The summed E-state index contributed by atoms with van der Waals surface area (Å²) in [6, 6.07) is 12.0. The van der Waals surface area contributed by atoms with E-state index >= 15 is 0 Å². The van der Waals surface area contributed by atoms with Gasteiger partial charge in [-0.05, 0) is 48.4 Å². The predicted molar refractivity (Wildman–Crippen MR) is 134 cm³/mol. The maximum atomic E-state index is 12.5. The number of carbonyl (C=O) groups is 1. The Kier molecular flexibility index (Phi) is 6.02. The molecule has 0 bridgehead atoms. The molecule has 1 unspecified atom stereocenters. The highest BCUT2D eigenvalue weighted by Crippen LogP contribution is 2.42. The number of halogens is 1. The van der Waals surface area contributed by atoms with E-state index in [0.29, 0.717) is 23.3 Å². The van der Waals surface area contributed by atoms with Crippen molar-refractivity contribution >= 4 is 40.6 Å². The molecule has 3 heterocycles. The highest BCUT2D eigenvalue weighted by molar-refractivity contribution is 6.33. The van der Waals surface area contributed by atoms with Crippen LogP contribution in [-0.2, 0) is 17.8 Å². The molecule has 0 saturated carbocycles. The van der Waals surface area contributed by atoms with E-state index in [9.17, 15) is 4.79 Å². The molecule has 2 aromatic carbocycles. The van der Waals surface area contributed by atoms with Gasteiger partial charge < -0.3 is 25.2 Å². The summed E-state index contributed by atoms with van der Waals surface area (Å²) in [5, 5.41) is 6.49. The van der Waals surface area contributed by atoms with Crippen LogP contribution in [0.15, 0.2) is 42.6 Å². The summed E-state index contributed by atoms with van der Waals surface area (Å²) < 4.78 is 5.65. The SMILES string of the molecule is CNC(=O)C1CN(c2nc(Nc3cc4c(cc3OC)CCN(C)C4)ncc2Cl)c2ccccc21. The molecule has 0 aliphatic carbocycles. The van der Waals surface area contributed by atoms with Crippen LogP contribution in [0.4, 0.5) is 23.1 Å². The molecule has 34 heavy (non-hydrogen) atoms. The lowest BCUT2D eigenvalue weighted by Gasteiger charge is -2.26. The number of nitrogens with one attached hydrogen (secondary N) is 2. The van der Waals surface area contributed by atoms with Crippen molar-refractivity contribution in [1.29, 1.82) is 0 Å². The van der Waals surface area contributed by atoms with E-state index in [4.69, 9.17) is 21.3 Å². The molecule has 5 rings (SSSR count). The predicted octanol–water partition coefficient (Wildman–Crippen LogP) is 3.85. The largest absolute Gasteiger partial charge is 0.495 e. The van der Waals surface area contributed by atoms with E-state index in [1.54, 1.807) is 20.4 Å². The fourth-order valence-electron chi connectivity index (χ4n) is 4.73. The number of nitrogens with zero attached hydrogens (tertiary/aromatic N) is 4. The van der Waals surface area contributed by atoms with Gasteiger partial charge in [-0.3, -0.25) is 4.79 Å². The number of hydrogen-bond acceptors (Lipinski definition) is 7. The Morgan fingerprint density at radius 2 is 2.06 bits per heavy atom. The van der Waals surface area contributed by atoms with E-state index in [-0.39, 0.29) is 11.8 Å². The van der Waals surface area contributed by atoms with E-state index < -0.39 is 0 Å². The van der Waals surface area contributed by atoms with Gasteiger partial charge in [0.05, 0.1) is 24.9 Å². The maximum Gasteiger partial charge on any atom is 0.229 e. The second kappa shape index (κ2) is 9.12. The first-order valence-electron chi connectivity index (χ1n) is 11.2. The first kappa shape index (κ1) is 22.4. The Labute approximate surface area is 203 Å². The number of amides is 1. The van der Waals surface area contributed by atoms with Gasteiger partial charge in [0.2, 0.25) is 11.9 Å². The average molecular weight is 479 g/mol. The van der Waals surface area contributed by atoms with Crippen molar-refractivity contribution in [3.63, 3.8) is 0 Å². The second-order valence-electron chi connectivity index (χ2n) is 8.64. The molecule has 176 valence electrons. The number of anilines is 4. The Hall–Kier alpha value is -3.36. The summed E-state index contributed by atoms with van der Waals surface area (Å²) in [6.45, 7) is 2.36. The molecular weight excluding hydrogens is 452 g/mol. The molecule has 0 spiro atoms. The lowest BCUT2D eigenvalue weighted by atomic mass is 9.99. The molecule has 0 radical (unpaired) electrons. The Balaban J connectivity index is 1.49. The van der Waals surface area contributed by atoms with E-state index in [1.165, 1.54) is 11.1 Å².